The molecule has 0 aliphatic heterocycles. The number of amides is 1. The maximum atomic E-state index is 11.9. The van der Waals surface area contributed by atoms with E-state index in [1.165, 1.54) is 12.8 Å². The second kappa shape index (κ2) is 4.94. The van der Waals surface area contributed by atoms with Gasteiger partial charge in [-0.05, 0) is 32.1 Å². The van der Waals surface area contributed by atoms with Crippen LogP contribution in [0.25, 0.3) is 0 Å². The molecule has 0 unspecified atom stereocenters. The minimum absolute atomic E-state index is 0.0820. The summed E-state index contributed by atoms with van der Waals surface area (Å²) in [6, 6.07) is 0. The Morgan fingerprint density at radius 2 is 1.65 bits per heavy atom. The molecule has 17 heavy (non-hydrogen) atoms. The number of hydrogen-bond donors (Lipinski definition) is 3. The van der Waals surface area contributed by atoms with E-state index < -0.39 is 11.1 Å². The lowest BCUT2D eigenvalue weighted by Crippen LogP contribution is -2.60. The first kappa shape index (κ1) is 12.8. The lowest BCUT2D eigenvalue weighted by molar-refractivity contribution is -0.130. The molecule has 2 saturated carbocycles. The van der Waals surface area contributed by atoms with Crippen LogP contribution in [-0.2, 0) is 4.79 Å². The van der Waals surface area contributed by atoms with Crippen molar-refractivity contribution in [3.8, 4) is 0 Å². The van der Waals surface area contributed by atoms with E-state index in [4.69, 9.17) is 5.73 Å². The van der Waals surface area contributed by atoms with Crippen LogP contribution < -0.4 is 11.1 Å². The van der Waals surface area contributed by atoms with E-state index in [0.29, 0.717) is 6.54 Å². The molecule has 2 aliphatic carbocycles. The van der Waals surface area contributed by atoms with Crippen molar-refractivity contribution in [3.05, 3.63) is 0 Å². The van der Waals surface area contributed by atoms with Gasteiger partial charge in [-0.25, -0.2) is 0 Å². The van der Waals surface area contributed by atoms with E-state index in [1.54, 1.807) is 0 Å². The summed E-state index contributed by atoms with van der Waals surface area (Å²) in [7, 11) is 0. The fourth-order valence-corrected chi connectivity index (χ4v) is 2.77. The van der Waals surface area contributed by atoms with Crippen molar-refractivity contribution in [2.75, 3.05) is 6.54 Å². The van der Waals surface area contributed by atoms with Gasteiger partial charge in [0.2, 0.25) is 5.91 Å². The largest absolute Gasteiger partial charge is 0.388 e. The van der Waals surface area contributed by atoms with Gasteiger partial charge in [-0.1, -0.05) is 25.7 Å². The quantitative estimate of drug-likeness (QED) is 0.646. The van der Waals surface area contributed by atoms with Crippen LogP contribution >= 0.6 is 0 Å². The summed E-state index contributed by atoms with van der Waals surface area (Å²) >= 11 is 0. The Morgan fingerprint density at radius 1 is 1.06 bits per heavy atom. The van der Waals surface area contributed by atoms with E-state index in [1.807, 2.05) is 0 Å². The van der Waals surface area contributed by atoms with Gasteiger partial charge in [0.1, 0.15) is 0 Å². The molecule has 0 aromatic rings. The molecule has 1 amide bonds. The molecule has 4 heteroatoms. The van der Waals surface area contributed by atoms with Crippen molar-refractivity contribution in [1.29, 1.82) is 0 Å². The van der Waals surface area contributed by atoms with E-state index in [-0.39, 0.29) is 5.91 Å². The third-order valence-electron chi connectivity index (χ3n) is 4.31. The first-order valence-electron chi connectivity index (χ1n) is 6.84. The SMILES string of the molecule is NC1(C(=O)NCC2(O)CCCCCC2)CCC1. The number of nitrogens with two attached hydrogens (primary N) is 1. The molecule has 0 spiro atoms. The molecule has 0 heterocycles. The van der Waals surface area contributed by atoms with Crippen molar-refractivity contribution >= 4 is 5.91 Å². The summed E-state index contributed by atoms with van der Waals surface area (Å²) in [4.78, 5) is 11.9. The highest BCUT2D eigenvalue weighted by atomic mass is 16.3. The summed E-state index contributed by atoms with van der Waals surface area (Å²) in [5.41, 5.74) is 4.59. The molecule has 4 N–H and O–H groups in total. The van der Waals surface area contributed by atoms with Crippen molar-refractivity contribution in [3.63, 3.8) is 0 Å². The van der Waals surface area contributed by atoms with Crippen LogP contribution in [-0.4, -0.2) is 28.7 Å². The summed E-state index contributed by atoms with van der Waals surface area (Å²) < 4.78 is 0. The van der Waals surface area contributed by atoms with Gasteiger partial charge < -0.3 is 16.2 Å². The third kappa shape index (κ3) is 2.99. The van der Waals surface area contributed by atoms with Crippen molar-refractivity contribution < 1.29 is 9.90 Å². The summed E-state index contributed by atoms with van der Waals surface area (Å²) in [5, 5.41) is 13.3. The Balaban J connectivity index is 1.81. The Hall–Kier alpha value is -0.610. The molecule has 0 atom stereocenters. The van der Waals surface area contributed by atoms with Gasteiger partial charge in [-0.2, -0.15) is 0 Å². The second-order valence-electron chi connectivity index (χ2n) is 5.83. The van der Waals surface area contributed by atoms with Gasteiger partial charge >= 0.3 is 0 Å². The molecule has 0 aromatic carbocycles. The van der Waals surface area contributed by atoms with Gasteiger partial charge in [0, 0.05) is 6.54 Å². The van der Waals surface area contributed by atoms with Crippen LogP contribution in [0.2, 0.25) is 0 Å². The number of nitrogens with one attached hydrogen (secondary N) is 1. The number of aliphatic hydroxyl groups is 1. The van der Waals surface area contributed by atoms with Crippen LogP contribution in [0.4, 0.5) is 0 Å². The molecule has 0 aromatic heterocycles. The highest BCUT2D eigenvalue weighted by molar-refractivity contribution is 5.87. The average molecular weight is 240 g/mol. The minimum atomic E-state index is -0.702. The van der Waals surface area contributed by atoms with Gasteiger partial charge in [0.25, 0.3) is 0 Å². The zero-order chi connectivity index (χ0) is 12.4. The zero-order valence-electron chi connectivity index (χ0n) is 10.5. The van der Waals surface area contributed by atoms with E-state index >= 15 is 0 Å². The lowest BCUT2D eigenvalue weighted by Gasteiger charge is -2.37. The van der Waals surface area contributed by atoms with Crippen LogP contribution in [0, 0.1) is 0 Å². The number of hydrogen-bond acceptors (Lipinski definition) is 3. The standard InChI is InChI=1S/C13H24N2O2/c14-13(8-5-9-13)11(16)15-10-12(17)6-3-1-2-4-7-12/h17H,1-10,14H2,(H,15,16). The van der Waals surface area contributed by atoms with Crippen molar-refractivity contribution in [2.45, 2.75) is 68.9 Å². The fourth-order valence-electron chi connectivity index (χ4n) is 2.77. The highest BCUT2D eigenvalue weighted by Gasteiger charge is 2.41. The fraction of sp³-hybridized carbons (Fsp3) is 0.923. The molecular weight excluding hydrogens is 216 g/mol. The van der Waals surface area contributed by atoms with Crippen molar-refractivity contribution in [1.82, 2.24) is 5.32 Å². The topological polar surface area (TPSA) is 75.4 Å². The second-order valence-corrected chi connectivity index (χ2v) is 5.83. The van der Waals surface area contributed by atoms with E-state index in [0.717, 1.165) is 44.9 Å². The molecule has 98 valence electrons. The molecular formula is C13H24N2O2. The molecule has 2 rings (SSSR count). The Labute approximate surface area is 103 Å². The maximum Gasteiger partial charge on any atom is 0.240 e. The monoisotopic (exact) mass is 240 g/mol. The maximum absolute atomic E-state index is 11.9. The molecule has 0 saturated heterocycles. The van der Waals surface area contributed by atoms with Gasteiger partial charge in [0.05, 0.1) is 11.1 Å². The Kier molecular flexibility index (Phi) is 3.73. The predicted octanol–water partition coefficient (Wildman–Crippen LogP) is 1.07. The summed E-state index contributed by atoms with van der Waals surface area (Å²) in [6.45, 7) is 0.366. The number of carbonyl (C=O) groups excluding carboxylic acids is 1. The highest BCUT2D eigenvalue weighted by Crippen LogP contribution is 2.30. The van der Waals surface area contributed by atoms with Crippen LogP contribution in [0.5, 0.6) is 0 Å². The normalized spacial score (nSPS) is 26.7. The molecule has 2 aliphatic rings. The number of carbonyl (C=O) groups is 1. The van der Waals surface area contributed by atoms with Gasteiger partial charge in [-0.15, -0.1) is 0 Å². The smallest absolute Gasteiger partial charge is 0.240 e. The van der Waals surface area contributed by atoms with E-state index in [9.17, 15) is 9.90 Å². The van der Waals surface area contributed by atoms with Gasteiger partial charge in [-0.3, -0.25) is 4.79 Å². The van der Waals surface area contributed by atoms with Gasteiger partial charge in [0.15, 0.2) is 0 Å². The number of rotatable bonds is 3. The van der Waals surface area contributed by atoms with Crippen LogP contribution in [0.3, 0.4) is 0 Å². The molecule has 0 radical (unpaired) electrons. The lowest BCUT2D eigenvalue weighted by atomic mass is 9.77. The Morgan fingerprint density at radius 3 is 2.12 bits per heavy atom. The predicted molar refractivity (Wildman–Crippen MR) is 66.4 cm³/mol. The van der Waals surface area contributed by atoms with Crippen molar-refractivity contribution in [2.24, 2.45) is 5.73 Å². The zero-order valence-corrected chi connectivity index (χ0v) is 10.5. The minimum Gasteiger partial charge on any atom is -0.388 e. The molecule has 4 nitrogen and oxygen atoms in total. The molecule has 2 fully saturated rings. The average Bonchev–Trinajstić information content (AvgIpc) is 2.48. The van der Waals surface area contributed by atoms with E-state index in [2.05, 4.69) is 5.32 Å². The third-order valence-corrected chi connectivity index (χ3v) is 4.31. The Bertz CT molecular complexity index is 279. The first-order valence-corrected chi connectivity index (χ1v) is 6.84. The van der Waals surface area contributed by atoms with Crippen LogP contribution in [0.15, 0.2) is 0 Å². The molecule has 0 bridgehead atoms. The summed E-state index contributed by atoms with van der Waals surface area (Å²) in [6.07, 6.45) is 8.67. The summed E-state index contributed by atoms with van der Waals surface area (Å²) in [5.74, 6) is -0.0820. The van der Waals surface area contributed by atoms with Crippen LogP contribution in [0.1, 0.15) is 57.8 Å². The first-order chi connectivity index (χ1) is 8.04.